The fourth-order valence-electron chi connectivity index (χ4n) is 2.41. The van der Waals surface area contributed by atoms with E-state index in [-0.39, 0.29) is 0 Å². The molecule has 1 aliphatic rings. The summed E-state index contributed by atoms with van der Waals surface area (Å²) in [5.41, 5.74) is 1.12. The summed E-state index contributed by atoms with van der Waals surface area (Å²) in [6.45, 7) is 4.35. The van der Waals surface area contributed by atoms with Crippen LogP contribution in [0.5, 0.6) is 0 Å². The smallest absolute Gasteiger partial charge is 0.147 e. The second-order valence-electron chi connectivity index (χ2n) is 5.21. The minimum absolute atomic E-state index is 0.559. The number of rotatable bonds is 3. The van der Waals surface area contributed by atoms with E-state index in [9.17, 15) is 0 Å². The molecule has 2 nitrogen and oxygen atoms in total. The summed E-state index contributed by atoms with van der Waals surface area (Å²) in [5, 5.41) is 0.567. The highest BCUT2D eigenvalue weighted by Gasteiger charge is 2.23. The topological polar surface area (TPSA) is 25.8 Å². The number of nitrogens with zero attached hydrogens (tertiary/aromatic N) is 2. The van der Waals surface area contributed by atoms with Crippen molar-refractivity contribution in [2.24, 2.45) is 5.92 Å². The quantitative estimate of drug-likeness (QED) is 0.752. The van der Waals surface area contributed by atoms with E-state index in [1.165, 1.54) is 25.7 Å². The molecule has 0 radical (unpaired) electrons. The van der Waals surface area contributed by atoms with Crippen LogP contribution in [0.15, 0.2) is 4.47 Å². The zero-order chi connectivity index (χ0) is 12.4. The van der Waals surface area contributed by atoms with E-state index in [0.717, 1.165) is 22.4 Å². The van der Waals surface area contributed by atoms with Crippen molar-refractivity contribution in [1.82, 2.24) is 9.97 Å². The van der Waals surface area contributed by atoms with E-state index in [1.54, 1.807) is 0 Å². The fourth-order valence-corrected chi connectivity index (χ4v) is 3.10. The van der Waals surface area contributed by atoms with Gasteiger partial charge in [-0.25, -0.2) is 9.97 Å². The number of hydrogen-bond donors (Lipinski definition) is 0. The van der Waals surface area contributed by atoms with Crippen molar-refractivity contribution in [2.75, 3.05) is 0 Å². The molecule has 1 fully saturated rings. The van der Waals surface area contributed by atoms with Crippen molar-refractivity contribution < 1.29 is 0 Å². The van der Waals surface area contributed by atoms with Gasteiger partial charge in [-0.15, -0.1) is 0 Å². The van der Waals surface area contributed by atoms with E-state index in [1.807, 2.05) is 0 Å². The first-order chi connectivity index (χ1) is 8.08. The van der Waals surface area contributed by atoms with Gasteiger partial charge >= 0.3 is 0 Å². The molecule has 1 heterocycles. The lowest BCUT2D eigenvalue weighted by Crippen LogP contribution is -2.07. The van der Waals surface area contributed by atoms with Crippen LogP contribution in [0.3, 0.4) is 0 Å². The molecule has 2 rings (SSSR count). The lowest BCUT2D eigenvalue weighted by molar-refractivity contribution is 0.605. The van der Waals surface area contributed by atoms with Crippen LogP contribution in [0.2, 0.25) is 5.15 Å². The number of aromatic nitrogens is 2. The van der Waals surface area contributed by atoms with Crippen molar-refractivity contribution in [3.05, 3.63) is 21.1 Å². The van der Waals surface area contributed by atoms with Crippen LogP contribution < -0.4 is 0 Å². The van der Waals surface area contributed by atoms with Gasteiger partial charge in [0.1, 0.15) is 11.0 Å². The maximum absolute atomic E-state index is 6.18. The van der Waals surface area contributed by atoms with Crippen LogP contribution in [-0.2, 0) is 6.42 Å². The van der Waals surface area contributed by atoms with Crippen molar-refractivity contribution >= 4 is 27.5 Å². The van der Waals surface area contributed by atoms with Crippen molar-refractivity contribution in [2.45, 2.75) is 51.9 Å². The molecule has 0 unspecified atom stereocenters. The summed E-state index contributed by atoms with van der Waals surface area (Å²) in [6, 6.07) is 0. The van der Waals surface area contributed by atoms with Crippen LogP contribution in [-0.4, -0.2) is 9.97 Å². The van der Waals surface area contributed by atoms with E-state index >= 15 is 0 Å². The first kappa shape index (κ1) is 13.3. The molecular weight excluding hydrogens is 300 g/mol. The molecule has 94 valence electrons. The van der Waals surface area contributed by atoms with Crippen LogP contribution in [0.25, 0.3) is 0 Å². The minimum atomic E-state index is 0.559. The minimum Gasteiger partial charge on any atom is -0.236 e. The standard InChI is InChI=1S/C13H18BrClN2/c1-8(2)7-10-16-12(9-5-3-4-6-9)11(14)13(15)17-10/h8-9H,3-7H2,1-2H3. The Hall–Kier alpha value is -0.150. The van der Waals surface area contributed by atoms with Crippen molar-refractivity contribution in [3.63, 3.8) is 0 Å². The van der Waals surface area contributed by atoms with Gasteiger partial charge in [0.05, 0.1) is 10.2 Å². The molecule has 0 saturated heterocycles. The Morgan fingerprint density at radius 2 is 1.94 bits per heavy atom. The summed E-state index contributed by atoms with van der Waals surface area (Å²) in [7, 11) is 0. The van der Waals surface area contributed by atoms with Gasteiger partial charge in [0.15, 0.2) is 0 Å². The van der Waals surface area contributed by atoms with Crippen LogP contribution in [0.1, 0.15) is 57.0 Å². The summed E-state index contributed by atoms with van der Waals surface area (Å²) >= 11 is 9.72. The third kappa shape index (κ3) is 3.19. The Bertz CT molecular complexity index is 401. The summed E-state index contributed by atoms with van der Waals surface area (Å²) in [4.78, 5) is 9.07. The highest BCUT2D eigenvalue weighted by molar-refractivity contribution is 9.10. The number of halogens is 2. The molecule has 1 aromatic rings. The SMILES string of the molecule is CC(C)Cc1nc(Cl)c(Br)c(C2CCCC2)n1. The molecule has 1 aliphatic carbocycles. The van der Waals surface area contributed by atoms with E-state index < -0.39 is 0 Å². The van der Waals surface area contributed by atoms with Gasteiger partial charge < -0.3 is 0 Å². The first-order valence-corrected chi connectivity index (χ1v) is 7.47. The Labute approximate surface area is 116 Å². The molecule has 0 spiro atoms. The summed E-state index contributed by atoms with van der Waals surface area (Å²) < 4.78 is 0.901. The summed E-state index contributed by atoms with van der Waals surface area (Å²) in [6.07, 6.45) is 5.96. The molecule has 0 aliphatic heterocycles. The van der Waals surface area contributed by atoms with Gasteiger partial charge in [0, 0.05) is 12.3 Å². The summed E-state index contributed by atoms with van der Waals surface area (Å²) in [5.74, 6) is 2.01. The third-order valence-corrected chi connectivity index (χ3v) is 4.50. The largest absolute Gasteiger partial charge is 0.236 e. The zero-order valence-electron chi connectivity index (χ0n) is 10.3. The highest BCUT2D eigenvalue weighted by atomic mass is 79.9. The maximum Gasteiger partial charge on any atom is 0.147 e. The van der Waals surface area contributed by atoms with E-state index in [2.05, 4.69) is 34.8 Å². The molecule has 0 amide bonds. The van der Waals surface area contributed by atoms with Gasteiger partial charge in [-0.2, -0.15) is 0 Å². The van der Waals surface area contributed by atoms with Gasteiger partial charge in [-0.05, 0) is 34.7 Å². The second kappa shape index (κ2) is 5.66. The van der Waals surface area contributed by atoms with Gasteiger partial charge in [0.25, 0.3) is 0 Å². The molecule has 17 heavy (non-hydrogen) atoms. The average molecular weight is 318 g/mol. The first-order valence-electron chi connectivity index (χ1n) is 6.29. The molecular formula is C13H18BrClN2. The van der Waals surface area contributed by atoms with Crippen LogP contribution in [0, 0.1) is 5.92 Å². The molecule has 1 aromatic heterocycles. The van der Waals surface area contributed by atoms with E-state index in [0.29, 0.717) is 17.0 Å². The molecule has 4 heteroatoms. The predicted molar refractivity (Wildman–Crippen MR) is 74.5 cm³/mol. The zero-order valence-corrected chi connectivity index (χ0v) is 12.7. The van der Waals surface area contributed by atoms with Gasteiger partial charge in [-0.1, -0.05) is 38.3 Å². The Morgan fingerprint density at radius 1 is 1.29 bits per heavy atom. The predicted octanol–water partition coefficient (Wildman–Crippen LogP) is 4.75. The van der Waals surface area contributed by atoms with Gasteiger partial charge in [0.2, 0.25) is 0 Å². The normalized spacial score (nSPS) is 17.0. The highest BCUT2D eigenvalue weighted by Crippen LogP contribution is 2.38. The fraction of sp³-hybridized carbons (Fsp3) is 0.692. The van der Waals surface area contributed by atoms with Crippen LogP contribution in [0.4, 0.5) is 0 Å². The molecule has 0 bridgehead atoms. The molecule has 0 N–H and O–H groups in total. The lowest BCUT2D eigenvalue weighted by Gasteiger charge is -2.14. The molecule has 1 saturated carbocycles. The third-order valence-electron chi connectivity index (χ3n) is 3.22. The Balaban J connectivity index is 2.32. The Morgan fingerprint density at radius 3 is 2.53 bits per heavy atom. The molecule has 0 atom stereocenters. The van der Waals surface area contributed by atoms with Crippen molar-refractivity contribution in [3.8, 4) is 0 Å². The van der Waals surface area contributed by atoms with Crippen molar-refractivity contribution in [1.29, 1.82) is 0 Å². The number of hydrogen-bond acceptors (Lipinski definition) is 2. The Kier molecular flexibility index (Phi) is 4.42. The second-order valence-corrected chi connectivity index (χ2v) is 6.36. The molecule has 0 aromatic carbocycles. The van der Waals surface area contributed by atoms with Crippen LogP contribution >= 0.6 is 27.5 Å². The van der Waals surface area contributed by atoms with E-state index in [4.69, 9.17) is 16.6 Å². The monoisotopic (exact) mass is 316 g/mol. The van der Waals surface area contributed by atoms with Gasteiger partial charge in [-0.3, -0.25) is 0 Å². The maximum atomic E-state index is 6.18. The lowest BCUT2D eigenvalue weighted by atomic mass is 10.0. The average Bonchev–Trinajstić information content (AvgIpc) is 2.75.